The topological polar surface area (TPSA) is 43.4 Å². The van der Waals surface area contributed by atoms with Crippen LogP contribution in [0, 0.1) is 6.92 Å². The van der Waals surface area contributed by atoms with Crippen molar-refractivity contribution in [2.24, 2.45) is 0 Å². The lowest BCUT2D eigenvalue weighted by Gasteiger charge is -2.14. The maximum absolute atomic E-state index is 5.95. The lowest BCUT2D eigenvalue weighted by molar-refractivity contribution is 0.284. The molecule has 0 amide bonds. The predicted molar refractivity (Wildman–Crippen MR) is 106 cm³/mol. The summed E-state index contributed by atoms with van der Waals surface area (Å²) in [4.78, 5) is 4.23. The van der Waals surface area contributed by atoms with Crippen LogP contribution in [0.15, 0.2) is 52.4 Å². The molecule has 0 fully saturated rings. The Morgan fingerprint density at radius 1 is 1.16 bits per heavy atom. The number of methoxy groups -OCH3 is 1. The van der Waals surface area contributed by atoms with Crippen LogP contribution in [0.1, 0.15) is 16.7 Å². The molecule has 1 aromatic heterocycles. The summed E-state index contributed by atoms with van der Waals surface area (Å²) in [6.45, 7) is 3.23. The van der Waals surface area contributed by atoms with E-state index in [0.29, 0.717) is 24.7 Å². The third-order valence-electron chi connectivity index (χ3n) is 3.71. The average Bonchev–Trinajstić information content (AvgIpc) is 3.14. The third-order valence-corrected chi connectivity index (χ3v) is 5.18. The van der Waals surface area contributed by atoms with Gasteiger partial charge >= 0.3 is 0 Å². The van der Waals surface area contributed by atoms with Gasteiger partial charge in [-0.3, -0.25) is 0 Å². The second kappa shape index (κ2) is 8.36. The first-order valence-corrected chi connectivity index (χ1v) is 9.51. The summed E-state index contributed by atoms with van der Waals surface area (Å²) in [5.41, 5.74) is 3.44. The van der Waals surface area contributed by atoms with E-state index in [1.807, 2.05) is 17.5 Å². The van der Waals surface area contributed by atoms with E-state index in [-0.39, 0.29) is 0 Å². The Bertz CT molecular complexity index is 820. The molecule has 0 atom stereocenters. The molecule has 0 saturated heterocycles. The number of rotatable bonds is 7. The molecular weight excluding hydrogens is 400 g/mol. The fourth-order valence-electron chi connectivity index (χ4n) is 2.31. The molecule has 0 aliphatic heterocycles. The number of ether oxygens (including phenoxy) is 2. The van der Waals surface area contributed by atoms with Gasteiger partial charge in [0.1, 0.15) is 6.61 Å². The number of aryl methyl sites for hydroxylation is 1. The molecule has 0 radical (unpaired) electrons. The zero-order valence-electron chi connectivity index (χ0n) is 14.1. The van der Waals surface area contributed by atoms with Gasteiger partial charge in [-0.2, -0.15) is 0 Å². The largest absolute Gasteiger partial charge is 0.493 e. The first kappa shape index (κ1) is 17.8. The zero-order valence-corrected chi connectivity index (χ0v) is 16.5. The number of aromatic nitrogens is 1. The van der Waals surface area contributed by atoms with Crippen molar-refractivity contribution in [2.45, 2.75) is 20.1 Å². The van der Waals surface area contributed by atoms with E-state index in [0.717, 1.165) is 20.7 Å². The standard InChI is InChI=1S/C19H19BrN2O2S/c1-13-3-5-14(6-4-13)12-24-18-10-16(20)15(9-17(18)23-2)11-22-19-21-7-8-25-19/h3-10H,11-12H2,1-2H3,(H,21,22). The molecule has 0 aliphatic carbocycles. The quantitative estimate of drug-likeness (QED) is 0.556. The summed E-state index contributed by atoms with van der Waals surface area (Å²) in [6, 6.07) is 12.2. The summed E-state index contributed by atoms with van der Waals surface area (Å²) < 4.78 is 12.4. The molecule has 1 heterocycles. The van der Waals surface area contributed by atoms with Crippen LogP contribution in [0.3, 0.4) is 0 Å². The number of anilines is 1. The van der Waals surface area contributed by atoms with Gasteiger partial charge in [-0.15, -0.1) is 11.3 Å². The average molecular weight is 419 g/mol. The van der Waals surface area contributed by atoms with Crippen molar-refractivity contribution < 1.29 is 9.47 Å². The SMILES string of the molecule is COc1cc(CNc2nccs2)c(Br)cc1OCc1ccc(C)cc1. The first-order chi connectivity index (χ1) is 12.2. The molecule has 25 heavy (non-hydrogen) atoms. The molecule has 0 saturated carbocycles. The predicted octanol–water partition coefficient (Wildman–Crippen LogP) is 5.41. The lowest BCUT2D eigenvalue weighted by Crippen LogP contribution is -2.03. The van der Waals surface area contributed by atoms with Gasteiger partial charge in [0, 0.05) is 22.6 Å². The van der Waals surface area contributed by atoms with Crippen molar-refractivity contribution in [2.75, 3.05) is 12.4 Å². The second-order valence-electron chi connectivity index (χ2n) is 5.56. The van der Waals surface area contributed by atoms with E-state index in [9.17, 15) is 0 Å². The molecule has 0 bridgehead atoms. The summed E-state index contributed by atoms with van der Waals surface area (Å²) in [5, 5.41) is 6.14. The number of thiazole rings is 1. The number of nitrogens with zero attached hydrogens (tertiary/aromatic N) is 1. The number of benzene rings is 2. The summed E-state index contributed by atoms with van der Waals surface area (Å²) in [5.74, 6) is 1.43. The summed E-state index contributed by atoms with van der Waals surface area (Å²) >= 11 is 5.19. The summed E-state index contributed by atoms with van der Waals surface area (Å²) in [6.07, 6.45) is 1.78. The number of hydrogen-bond acceptors (Lipinski definition) is 5. The molecule has 3 aromatic rings. The van der Waals surface area contributed by atoms with Gasteiger partial charge < -0.3 is 14.8 Å². The van der Waals surface area contributed by atoms with Crippen molar-refractivity contribution in [1.82, 2.24) is 4.98 Å². The molecule has 1 N–H and O–H groups in total. The van der Waals surface area contributed by atoms with Crippen LogP contribution in [0.2, 0.25) is 0 Å². The highest BCUT2D eigenvalue weighted by atomic mass is 79.9. The highest BCUT2D eigenvalue weighted by molar-refractivity contribution is 9.10. The maximum atomic E-state index is 5.95. The van der Waals surface area contributed by atoms with Crippen LogP contribution >= 0.6 is 27.3 Å². The lowest BCUT2D eigenvalue weighted by atomic mass is 10.1. The molecule has 2 aromatic carbocycles. The van der Waals surface area contributed by atoms with Crippen LogP contribution in [0.4, 0.5) is 5.13 Å². The molecule has 0 spiro atoms. The minimum absolute atomic E-state index is 0.500. The monoisotopic (exact) mass is 418 g/mol. The van der Waals surface area contributed by atoms with E-state index in [1.165, 1.54) is 5.56 Å². The van der Waals surface area contributed by atoms with E-state index < -0.39 is 0 Å². The van der Waals surface area contributed by atoms with Gasteiger partial charge in [0.15, 0.2) is 16.6 Å². The van der Waals surface area contributed by atoms with Crippen LogP contribution in [-0.4, -0.2) is 12.1 Å². The van der Waals surface area contributed by atoms with Crippen LogP contribution < -0.4 is 14.8 Å². The van der Waals surface area contributed by atoms with E-state index in [4.69, 9.17) is 9.47 Å². The minimum atomic E-state index is 0.500. The van der Waals surface area contributed by atoms with Crippen LogP contribution in [0.5, 0.6) is 11.5 Å². The van der Waals surface area contributed by atoms with E-state index >= 15 is 0 Å². The Hall–Kier alpha value is -2.05. The van der Waals surface area contributed by atoms with Gasteiger partial charge in [-0.25, -0.2) is 4.98 Å². The van der Waals surface area contributed by atoms with Gasteiger partial charge in [-0.05, 0) is 30.2 Å². The van der Waals surface area contributed by atoms with Crippen LogP contribution in [-0.2, 0) is 13.2 Å². The number of halogens is 1. The zero-order chi connectivity index (χ0) is 17.6. The van der Waals surface area contributed by atoms with Crippen molar-refractivity contribution in [3.05, 3.63) is 69.1 Å². The van der Waals surface area contributed by atoms with Crippen molar-refractivity contribution in [1.29, 1.82) is 0 Å². The Balaban J connectivity index is 1.71. The molecule has 0 aliphatic rings. The Morgan fingerprint density at radius 3 is 2.64 bits per heavy atom. The van der Waals surface area contributed by atoms with E-state index in [2.05, 4.69) is 57.4 Å². The molecule has 6 heteroatoms. The van der Waals surface area contributed by atoms with Gasteiger partial charge in [0.25, 0.3) is 0 Å². The Morgan fingerprint density at radius 2 is 1.96 bits per heavy atom. The summed E-state index contributed by atoms with van der Waals surface area (Å²) in [7, 11) is 1.65. The third kappa shape index (κ3) is 4.74. The van der Waals surface area contributed by atoms with Gasteiger partial charge in [0.05, 0.1) is 7.11 Å². The van der Waals surface area contributed by atoms with Gasteiger partial charge in [-0.1, -0.05) is 45.8 Å². The smallest absolute Gasteiger partial charge is 0.182 e. The van der Waals surface area contributed by atoms with Crippen molar-refractivity contribution in [3.8, 4) is 11.5 Å². The van der Waals surface area contributed by atoms with E-state index in [1.54, 1.807) is 24.6 Å². The maximum Gasteiger partial charge on any atom is 0.182 e. The fourth-order valence-corrected chi connectivity index (χ4v) is 3.30. The number of nitrogens with one attached hydrogen (secondary N) is 1. The number of hydrogen-bond donors (Lipinski definition) is 1. The van der Waals surface area contributed by atoms with Gasteiger partial charge in [0.2, 0.25) is 0 Å². The normalized spacial score (nSPS) is 10.5. The Labute approximate surface area is 160 Å². The van der Waals surface area contributed by atoms with Crippen molar-refractivity contribution >= 4 is 32.4 Å². The Kier molecular flexibility index (Phi) is 5.94. The van der Waals surface area contributed by atoms with Crippen LogP contribution in [0.25, 0.3) is 0 Å². The highest BCUT2D eigenvalue weighted by Crippen LogP contribution is 2.34. The minimum Gasteiger partial charge on any atom is -0.493 e. The molecule has 0 unspecified atom stereocenters. The molecule has 130 valence electrons. The molecular formula is C19H19BrN2O2S. The molecule has 4 nitrogen and oxygen atoms in total. The van der Waals surface area contributed by atoms with Crippen molar-refractivity contribution in [3.63, 3.8) is 0 Å². The first-order valence-electron chi connectivity index (χ1n) is 7.84. The second-order valence-corrected chi connectivity index (χ2v) is 7.31. The fraction of sp³-hybridized carbons (Fsp3) is 0.211. The highest BCUT2D eigenvalue weighted by Gasteiger charge is 2.11. The molecule has 3 rings (SSSR count).